The average Bonchev–Trinajstić information content (AvgIpc) is 2.59. The highest BCUT2D eigenvalue weighted by Crippen LogP contribution is 2.27. The zero-order valence-electron chi connectivity index (χ0n) is 14.4. The second kappa shape index (κ2) is 7.49. The molecule has 3 aromatic rings. The maximum Gasteiger partial charge on any atom is 0.249 e. The second-order valence-corrected chi connectivity index (χ2v) is 6.55. The Morgan fingerprint density at radius 1 is 1.00 bits per heavy atom. The van der Waals surface area contributed by atoms with Gasteiger partial charge in [0.25, 0.3) is 0 Å². The number of anilines is 4. The van der Waals surface area contributed by atoms with Gasteiger partial charge in [0.05, 0.1) is 6.20 Å². The molecular weight excluding hydrogens is 334 g/mol. The van der Waals surface area contributed by atoms with E-state index >= 15 is 0 Å². The van der Waals surface area contributed by atoms with Gasteiger partial charge >= 0.3 is 0 Å². The molecule has 0 bridgehead atoms. The molecule has 0 spiro atoms. The van der Waals surface area contributed by atoms with Crippen LogP contribution in [-0.2, 0) is 0 Å². The van der Waals surface area contributed by atoms with Crippen molar-refractivity contribution in [3.63, 3.8) is 0 Å². The lowest BCUT2D eigenvalue weighted by atomic mass is 10.0. The van der Waals surface area contributed by atoms with Gasteiger partial charge in [0.15, 0.2) is 5.82 Å². The maximum absolute atomic E-state index is 6.07. The normalized spacial score (nSPS) is 10.8. The third-order valence-corrected chi connectivity index (χ3v) is 4.09. The first-order valence-corrected chi connectivity index (χ1v) is 8.49. The standard InChI is InChI=1S/C19H20ClN5/c1-12(2)15-6-4-5-7-16(15)23-19-24-18(11-21-25-19)22-17-10-14(20)9-8-13(17)3/h4-12H,1-3H3,(H2,22,23,24,25). The third-order valence-electron chi connectivity index (χ3n) is 3.85. The van der Waals surface area contributed by atoms with Crippen LogP contribution in [0.2, 0.25) is 5.02 Å². The fourth-order valence-corrected chi connectivity index (χ4v) is 2.69. The van der Waals surface area contributed by atoms with Crippen LogP contribution < -0.4 is 10.6 Å². The summed E-state index contributed by atoms with van der Waals surface area (Å²) in [5, 5.41) is 15.3. The number of nitrogens with zero attached hydrogens (tertiary/aromatic N) is 3. The lowest BCUT2D eigenvalue weighted by Crippen LogP contribution is -2.05. The molecule has 0 saturated heterocycles. The minimum atomic E-state index is 0.395. The molecule has 0 amide bonds. The summed E-state index contributed by atoms with van der Waals surface area (Å²) in [7, 11) is 0. The van der Waals surface area contributed by atoms with Crippen LogP contribution in [0.15, 0.2) is 48.7 Å². The van der Waals surface area contributed by atoms with E-state index in [4.69, 9.17) is 11.6 Å². The number of para-hydroxylation sites is 1. The van der Waals surface area contributed by atoms with E-state index in [0.29, 0.717) is 22.7 Å². The fraction of sp³-hybridized carbons (Fsp3) is 0.211. The van der Waals surface area contributed by atoms with Crippen LogP contribution in [0.25, 0.3) is 0 Å². The molecule has 0 saturated carbocycles. The highest BCUT2D eigenvalue weighted by Gasteiger charge is 2.09. The Hall–Kier alpha value is -2.66. The van der Waals surface area contributed by atoms with Gasteiger partial charge in [-0.25, -0.2) is 0 Å². The number of hydrogen-bond acceptors (Lipinski definition) is 5. The Morgan fingerprint density at radius 3 is 2.60 bits per heavy atom. The molecule has 2 aromatic carbocycles. The fourth-order valence-electron chi connectivity index (χ4n) is 2.52. The van der Waals surface area contributed by atoms with Gasteiger partial charge in [0.2, 0.25) is 5.95 Å². The first-order valence-electron chi connectivity index (χ1n) is 8.12. The van der Waals surface area contributed by atoms with Gasteiger partial charge in [-0.2, -0.15) is 10.1 Å². The lowest BCUT2D eigenvalue weighted by Gasteiger charge is -2.14. The molecule has 1 aromatic heterocycles. The molecule has 0 aliphatic heterocycles. The van der Waals surface area contributed by atoms with Crippen molar-refractivity contribution < 1.29 is 0 Å². The van der Waals surface area contributed by atoms with E-state index in [2.05, 4.69) is 45.7 Å². The molecule has 2 N–H and O–H groups in total. The van der Waals surface area contributed by atoms with Gasteiger partial charge in [-0.1, -0.05) is 49.7 Å². The number of aryl methyl sites for hydroxylation is 1. The topological polar surface area (TPSA) is 62.7 Å². The van der Waals surface area contributed by atoms with Crippen LogP contribution in [0.1, 0.15) is 30.9 Å². The number of aromatic nitrogens is 3. The van der Waals surface area contributed by atoms with E-state index in [-0.39, 0.29) is 0 Å². The van der Waals surface area contributed by atoms with Crippen molar-refractivity contribution in [3.8, 4) is 0 Å². The van der Waals surface area contributed by atoms with E-state index in [1.807, 2.05) is 43.3 Å². The predicted octanol–water partition coefficient (Wildman–Crippen LogP) is 5.44. The highest BCUT2D eigenvalue weighted by atomic mass is 35.5. The van der Waals surface area contributed by atoms with Gasteiger partial charge in [0.1, 0.15) is 0 Å². The second-order valence-electron chi connectivity index (χ2n) is 6.12. The monoisotopic (exact) mass is 353 g/mol. The summed E-state index contributed by atoms with van der Waals surface area (Å²) in [5.41, 5.74) is 4.15. The van der Waals surface area contributed by atoms with Gasteiger partial charge in [-0.15, -0.1) is 5.10 Å². The van der Waals surface area contributed by atoms with Crippen LogP contribution in [0.4, 0.5) is 23.1 Å². The molecule has 6 heteroatoms. The number of nitrogens with one attached hydrogen (secondary N) is 2. The van der Waals surface area contributed by atoms with Crippen molar-refractivity contribution in [2.45, 2.75) is 26.7 Å². The van der Waals surface area contributed by atoms with E-state index in [1.54, 1.807) is 6.20 Å². The average molecular weight is 354 g/mol. The third kappa shape index (κ3) is 4.25. The van der Waals surface area contributed by atoms with E-state index in [0.717, 1.165) is 16.9 Å². The number of benzene rings is 2. The van der Waals surface area contributed by atoms with Crippen LogP contribution in [-0.4, -0.2) is 15.2 Å². The van der Waals surface area contributed by atoms with Crippen LogP contribution in [0, 0.1) is 6.92 Å². The Labute approximate surface area is 152 Å². The van der Waals surface area contributed by atoms with Crippen molar-refractivity contribution in [2.24, 2.45) is 0 Å². The minimum absolute atomic E-state index is 0.395. The minimum Gasteiger partial charge on any atom is -0.339 e. The number of halogens is 1. The zero-order chi connectivity index (χ0) is 17.8. The molecule has 25 heavy (non-hydrogen) atoms. The quantitative estimate of drug-likeness (QED) is 0.639. The van der Waals surface area contributed by atoms with Crippen molar-refractivity contribution in [2.75, 3.05) is 10.6 Å². The summed E-state index contributed by atoms with van der Waals surface area (Å²) in [6.45, 7) is 6.31. The molecule has 0 aliphatic rings. The van der Waals surface area contributed by atoms with Crippen molar-refractivity contribution >= 4 is 34.7 Å². The molecule has 0 radical (unpaired) electrons. The zero-order valence-corrected chi connectivity index (χ0v) is 15.2. The summed E-state index contributed by atoms with van der Waals surface area (Å²) in [6.07, 6.45) is 1.58. The molecular formula is C19H20ClN5. The van der Waals surface area contributed by atoms with Gasteiger partial charge in [-0.05, 0) is 42.2 Å². The molecule has 1 heterocycles. The Balaban J connectivity index is 1.84. The summed E-state index contributed by atoms with van der Waals surface area (Å²) < 4.78 is 0. The molecule has 3 rings (SSSR count). The smallest absolute Gasteiger partial charge is 0.249 e. The summed E-state index contributed by atoms with van der Waals surface area (Å²) >= 11 is 6.07. The van der Waals surface area contributed by atoms with E-state index in [9.17, 15) is 0 Å². The summed E-state index contributed by atoms with van der Waals surface area (Å²) in [6, 6.07) is 13.8. The van der Waals surface area contributed by atoms with E-state index < -0.39 is 0 Å². The Morgan fingerprint density at radius 2 is 1.80 bits per heavy atom. The summed E-state index contributed by atoms with van der Waals surface area (Å²) in [4.78, 5) is 4.50. The van der Waals surface area contributed by atoms with Gasteiger partial charge in [-0.3, -0.25) is 0 Å². The molecule has 0 aliphatic carbocycles. The Kier molecular flexibility index (Phi) is 5.14. The molecule has 5 nitrogen and oxygen atoms in total. The maximum atomic E-state index is 6.07. The SMILES string of the molecule is Cc1ccc(Cl)cc1Nc1cnnc(Nc2ccccc2C(C)C)n1. The van der Waals surface area contributed by atoms with Crippen molar-refractivity contribution in [1.82, 2.24) is 15.2 Å². The molecule has 128 valence electrons. The molecule has 0 unspecified atom stereocenters. The number of rotatable bonds is 5. The van der Waals surface area contributed by atoms with Gasteiger partial charge < -0.3 is 10.6 Å². The van der Waals surface area contributed by atoms with Crippen molar-refractivity contribution in [1.29, 1.82) is 0 Å². The van der Waals surface area contributed by atoms with Gasteiger partial charge in [0, 0.05) is 16.4 Å². The first kappa shape index (κ1) is 17.2. The van der Waals surface area contributed by atoms with Crippen LogP contribution in [0.3, 0.4) is 0 Å². The van der Waals surface area contributed by atoms with Crippen LogP contribution in [0.5, 0.6) is 0 Å². The Bertz CT molecular complexity index is 879. The summed E-state index contributed by atoms with van der Waals surface area (Å²) in [5.74, 6) is 1.44. The number of hydrogen-bond donors (Lipinski definition) is 2. The first-order chi connectivity index (χ1) is 12.0. The van der Waals surface area contributed by atoms with E-state index in [1.165, 1.54) is 5.56 Å². The lowest BCUT2D eigenvalue weighted by molar-refractivity contribution is 0.867. The van der Waals surface area contributed by atoms with Crippen LogP contribution >= 0.6 is 11.6 Å². The predicted molar refractivity (Wildman–Crippen MR) is 103 cm³/mol. The largest absolute Gasteiger partial charge is 0.339 e. The molecule has 0 atom stereocenters. The van der Waals surface area contributed by atoms with Crippen molar-refractivity contribution in [3.05, 3.63) is 64.8 Å². The highest BCUT2D eigenvalue weighted by molar-refractivity contribution is 6.30. The molecule has 0 fully saturated rings.